The minimum atomic E-state index is -0.641. The zero-order chi connectivity index (χ0) is 15.7. The molecule has 2 N–H and O–H groups in total. The molecule has 118 valence electrons. The molecule has 3 rings (SSSR count). The average Bonchev–Trinajstić information content (AvgIpc) is 2.86. The van der Waals surface area contributed by atoms with Gasteiger partial charge in [0.2, 0.25) is 0 Å². The highest BCUT2D eigenvalue weighted by molar-refractivity contribution is 6.34. The van der Waals surface area contributed by atoms with Crippen molar-refractivity contribution in [2.75, 3.05) is 6.54 Å². The first-order valence-corrected chi connectivity index (χ1v) is 8.18. The Hall–Kier alpha value is -1.07. The molecule has 0 aliphatic heterocycles. The van der Waals surface area contributed by atoms with E-state index >= 15 is 0 Å². The lowest BCUT2D eigenvalue weighted by Gasteiger charge is -2.25. The van der Waals surface area contributed by atoms with Gasteiger partial charge in [-0.1, -0.05) is 23.2 Å². The van der Waals surface area contributed by atoms with Crippen molar-refractivity contribution in [2.45, 2.75) is 31.4 Å². The van der Waals surface area contributed by atoms with Crippen LogP contribution in [0.5, 0.6) is 0 Å². The van der Waals surface area contributed by atoms with Gasteiger partial charge in [-0.15, -0.1) is 0 Å². The molecule has 0 fully saturated rings. The molecule has 1 aromatic heterocycles. The molecule has 0 radical (unpaired) electrons. The summed E-state index contributed by atoms with van der Waals surface area (Å²) in [5, 5.41) is 19.2. The van der Waals surface area contributed by atoms with Gasteiger partial charge < -0.3 is 10.4 Å². The molecule has 0 saturated carbocycles. The van der Waals surface area contributed by atoms with Crippen LogP contribution in [0.15, 0.2) is 24.4 Å². The second kappa shape index (κ2) is 6.59. The van der Waals surface area contributed by atoms with E-state index in [0.717, 1.165) is 24.8 Å². The maximum Gasteiger partial charge on any atom is 0.0915 e. The normalized spacial score (nSPS) is 19.0. The summed E-state index contributed by atoms with van der Waals surface area (Å²) in [5.41, 5.74) is 3.25. The predicted molar refractivity (Wildman–Crippen MR) is 88.3 cm³/mol. The van der Waals surface area contributed by atoms with Gasteiger partial charge in [0.25, 0.3) is 0 Å². The number of rotatable bonds is 4. The number of aliphatic hydroxyl groups is 1. The lowest BCUT2D eigenvalue weighted by molar-refractivity contribution is 0.168. The highest BCUT2D eigenvalue weighted by atomic mass is 35.5. The first kappa shape index (κ1) is 15.8. The van der Waals surface area contributed by atoms with E-state index in [1.807, 2.05) is 17.9 Å². The van der Waals surface area contributed by atoms with Crippen molar-refractivity contribution in [2.24, 2.45) is 7.05 Å². The van der Waals surface area contributed by atoms with E-state index < -0.39 is 6.10 Å². The van der Waals surface area contributed by atoms with Crippen LogP contribution in [-0.4, -0.2) is 21.4 Å². The summed E-state index contributed by atoms with van der Waals surface area (Å²) in [7, 11) is 1.98. The first-order chi connectivity index (χ1) is 10.5. The standard InChI is InChI=1S/C16H19Cl2N3O/c1-21-15-4-2-3-14(13(15)8-20-21)19-9-16(22)10-5-11(17)7-12(18)6-10/h5-8,14,16,19,22H,2-4,9H2,1H3. The van der Waals surface area contributed by atoms with Crippen LogP contribution in [0.1, 0.15) is 41.8 Å². The van der Waals surface area contributed by atoms with E-state index in [9.17, 15) is 5.11 Å². The number of aromatic nitrogens is 2. The summed E-state index contributed by atoms with van der Waals surface area (Å²) in [4.78, 5) is 0. The maximum atomic E-state index is 10.4. The average molecular weight is 340 g/mol. The van der Waals surface area contributed by atoms with Crippen LogP contribution in [0.4, 0.5) is 0 Å². The first-order valence-electron chi connectivity index (χ1n) is 7.43. The van der Waals surface area contributed by atoms with E-state index in [1.54, 1.807) is 18.2 Å². The van der Waals surface area contributed by atoms with Crippen LogP contribution >= 0.6 is 23.2 Å². The summed E-state index contributed by atoms with van der Waals surface area (Å²) >= 11 is 12.0. The monoisotopic (exact) mass is 339 g/mol. The lowest BCUT2D eigenvalue weighted by Crippen LogP contribution is -2.29. The van der Waals surface area contributed by atoms with Gasteiger partial charge in [-0.2, -0.15) is 5.10 Å². The van der Waals surface area contributed by atoms with Crippen LogP contribution in [0.3, 0.4) is 0 Å². The topological polar surface area (TPSA) is 50.1 Å². The minimum absolute atomic E-state index is 0.238. The molecule has 1 aliphatic carbocycles. The highest BCUT2D eigenvalue weighted by Gasteiger charge is 2.23. The third-order valence-electron chi connectivity index (χ3n) is 4.20. The van der Waals surface area contributed by atoms with Gasteiger partial charge in [-0.3, -0.25) is 4.68 Å². The summed E-state index contributed by atoms with van der Waals surface area (Å²) in [6.45, 7) is 0.454. The Balaban J connectivity index is 1.68. The fourth-order valence-electron chi connectivity index (χ4n) is 3.06. The third kappa shape index (κ3) is 3.30. The molecule has 2 aromatic rings. The largest absolute Gasteiger partial charge is 0.387 e. The van der Waals surface area contributed by atoms with Crippen LogP contribution in [0, 0.1) is 0 Å². The van der Waals surface area contributed by atoms with Gasteiger partial charge in [0.15, 0.2) is 0 Å². The van der Waals surface area contributed by atoms with Crippen LogP contribution in [0.2, 0.25) is 10.0 Å². The fraction of sp³-hybridized carbons (Fsp3) is 0.438. The Morgan fingerprint density at radius 3 is 2.82 bits per heavy atom. The number of halogens is 2. The van der Waals surface area contributed by atoms with Crippen molar-refractivity contribution >= 4 is 23.2 Å². The molecule has 2 unspecified atom stereocenters. The van der Waals surface area contributed by atoms with Crippen molar-refractivity contribution in [1.82, 2.24) is 15.1 Å². The Labute approximate surface area is 140 Å². The molecule has 4 nitrogen and oxygen atoms in total. The van der Waals surface area contributed by atoms with Crippen LogP contribution < -0.4 is 5.32 Å². The molecule has 6 heteroatoms. The van der Waals surface area contributed by atoms with Crippen molar-refractivity contribution in [3.8, 4) is 0 Å². The van der Waals surface area contributed by atoms with Gasteiger partial charge >= 0.3 is 0 Å². The number of aryl methyl sites for hydroxylation is 1. The molecule has 1 aliphatic rings. The molecule has 0 saturated heterocycles. The summed E-state index contributed by atoms with van der Waals surface area (Å²) in [6.07, 6.45) is 4.54. The van der Waals surface area contributed by atoms with Crippen molar-refractivity contribution in [3.63, 3.8) is 0 Å². The van der Waals surface area contributed by atoms with E-state index in [2.05, 4.69) is 10.4 Å². The fourth-order valence-corrected chi connectivity index (χ4v) is 3.60. The maximum absolute atomic E-state index is 10.4. The zero-order valence-corrected chi connectivity index (χ0v) is 13.9. The number of hydrogen-bond acceptors (Lipinski definition) is 3. The number of hydrogen-bond donors (Lipinski definition) is 2. The van der Waals surface area contributed by atoms with Gasteiger partial charge in [-0.25, -0.2) is 0 Å². The Bertz CT molecular complexity index is 651. The van der Waals surface area contributed by atoms with E-state index in [-0.39, 0.29) is 6.04 Å². The zero-order valence-electron chi connectivity index (χ0n) is 12.4. The molecule has 22 heavy (non-hydrogen) atoms. The molecule has 1 aromatic carbocycles. The molecule has 1 heterocycles. The SMILES string of the molecule is Cn1ncc2c1CCCC2NCC(O)c1cc(Cl)cc(Cl)c1. The third-order valence-corrected chi connectivity index (χ3v) is 4.64. The van der Waals surface area contributed by atoms with Gasteiger partial charge in [0, 0.05) is 40.9 Å². The van der Waals surface area contributed by atoms with Gasteiger partial charge in [-0.05, 0) is 43.0 Å². The second-order valence-corrected chi connectivity index (χ2v) is 6.61. The van der Waals surface area contributed by atoms with Gasteiger partial charge in [0.1, 0.15) is 0 Å². The van der Waals surface area contributed by atoms with Crippen molar-refractivity contribution in [3.05, 3.63) is 51.3 Å². The quantitative estimate of drug-likeness (QED) is 0.897. The molecule has 0 amide bonds. The van der Waals surface area contributed by atoms with E-state index in [1.165, 1.54) is 11.3 Å². The Kier molecular flexibility index (Phi) is 4.73. The summed E-state index contributed by atoms with van der Waals surface area (Å²) in [6, 6.07) is 5.39. The lowest BCUT2D eigenvalue weighted by atomic mass is 9.93. The number of nitrogens with zero attached hydrogens (tertiary/aromatic N) is 2. The van der Waals surface area contributed by atoms with Gasteiger partial charge in [0.05, 0.1) is 12.3 Å². The summed E-state index contributed by atoms with van der Waals surface area (Å²) in [5.74, 6) is 0. The predicted octanol–water partition coefficient (Wildman–Crippen LogP) is 3.43. The molecule has 2 atom stereocenters. The van der Waals surface area contributed by atoms with E-state index in [4.69, 9.17) is 23.2 Å². The Morgan fingerprint density at radius 2 is 2.09 bits per heavy atom. The number of benzene rings is 1. The van der Waals surface area contributed by atoms with Crippen molar-refractivity contribution in [1.29, 1.82) is 0 Å². The van der Waals surface area contributed by atoms with E-state index in [0.29, 0.717) is 16.6 Å². The summed E-state index contributed by atoms with van der Waals surface area (Å²) < 4.78 is 1.94. The van der Waals surface area contributed by atoms with Crippen LogP contribution in [-0.2, 0) is 13.5 Å². The highest BCUT2D eigenvalue weighted by Crippen LogP contribution is 2.30. The van der Waals surface area contributed by atoms with Crippen molar-refractivity contribution < 1.29 is 5.11 Å². The van der Waals surface area contributed by atoms with Crippen LogP contribution in [0.25, 0.3) is 0 Å². The minimum Gasteiger partial charge on any atom is -0.387 e. The smallest absolute Gasteiger partial charge is 0.0915 e. The number of fused-ring (bicyclic) bond motifs is 1. The Morgan fingerprint density at radius 1 is 1.36 bits per heavy atom. The number of aliphatic hydroxyl groups excluding tert-OH is 1. The molecular formula is C16H19Cl2N3O. The molecule has 0 spiro atoms. The molecule has 0 bridgehead atoms. The second-order valence-electron chi connectivity index (χ2n) is 5.74. The molecular weight excluding hydrogens is 321 g/mol. The number of nitrogens with one attached hydrogen (secondary N) is 1.